The standard InChI is InChI=1S/C26H27ClF5N11O/c1-3-33-25(44)43(20-11-34-19(10-35-20)14-8-37-41(2)12-14)16-6-4-15(5-7-16)38-24-36-9-17(26(30,31)32)21(39-24)22-18(27)13-42(40-22)23(28)29/h8-13,15-16,23H,3-7H2,1-2H3,(H,33,44)(H,36,38,39). The highest BCUT2D eigenvalue weighted by molar-refractivity contribution is 6.33. The van der Waals surface area contributed by atoms with Crippen molar-refractivity contribution in [2.45, 2.75) is 57.4 Å². The minimum absolute atomic E-state index is 0.142. The first-order valence-corrected chi connectivity index (χ1v) is 13.9. The molecule has 1 aliphatic rings. The molecule has 0 unspecified atom stereocenters. The van der Waals surface area contributed by atoms with Crippen LogP contribution in [0, 0.1) is 0 Å². The Kier molecular flexibility index (Phi) is 8.94. The Morgan fingerprint density at radius 3 is 2.39 bits per heavy atom. The lowest BCUT2D eigenvalue weighted by molar-refractivity contribution is -0.137. The van der Waals surface area contributed by atoms with Gasteiger partial charge in [0.15, 0.2) is 5.82 Å². The summed E-state index contributed by atoms with van der Waals surface area (Å²) in [5, 5.41) is 13.1. The molecule has 1 aliphatic carbocycles. The van der Waals surface area contributed by atoms with E-state index >= 15 is 0 Å². The molecule has 2 N–H and O–H groups in total. The minimum atomic E-state index is -4.88. The van der Waals surface area contributed by atoms with Crippen molar-refractivity contribution >= 4 is 29.4 Å². The van der Waals surface area contributed by atoms with Gasteiger partial charge in [-0.05, 0) is 32.6 Å². The third-order valence-corrected chi connectivity index (χ3v) is 7.31. The maximum atomic E-state index is 13.7. The first-order valence-electron chi connectivity index (χ1n) is 13.6. The summed E-state index contributed by atoms with van der Waals surface area (Å²) in [6.45, 7) is -0.896. The average molecular weight is 640 g/mol. The lowest BCUT2D eigenvalue weighted by atomic mass is 9.90. The normalized spacial score (nSPS) is 17.1. The number of halogens is 6. The number of nitrogens with one attached hydrogen (secondary N) is 2. The molecule has 0 atom stereocenters. The van der Waals surface area contributed by atoms with Gasteiger partial charge in [-0.1, -0.05) is 11.6 Å². The number of anilines is 2. The molecule has 0 aromatic carbocycles. The smallest absolute Gasteiger partial charge is 0.351 e. The van der Waals surface area contributed by atoms with Crippen LogP contribution in [0.15, 0.2) is 37.2 Å². The van der Waals surface area contributed by atoms with Crippen LogP contribution < -0.4 is 15.5 Å². The van der Waals surface area contributed by atoms with Gasteiger partial charge in [-0.25, -0.2) is 24.4 Å². The van der Waals surface area contributed by atoms with Crippen LogP contribution in [-0.2, 0) is 13.2 Å². The molecule has 4 aromatic heterocycles. The predicted molar refractivity (Wildman–Crippen MR) is 150 cm³/mol. The van der Waals surface area contributed by atoms with Crippen LogP contribution >= 0.6 is 11.6 Å². The van der Waals surface area contributed by atoms with Crippen molar-refractivity contribution in [1.29, 1.82) is 0 Å². The van der Waals surface area contributed by atoms with Gasteiger partial charge < -0.3 is 10.6 Å². The molecule has 1 saturated carbocycles. The molecule has 4 aromatic rings. The molecule has 5 rings (SSSR count). The summed E-state index contributed by atoms with van der Waals surface area (Å²) in [5.74, 6) is 0.229. The molecule has 18 heteroatoms. The minimum Gasteiger partial charge on any atom is -0.351 e. The van der Waals surface area contributed by atoms with Gasteiger partial charge >= 0.3 is 18.8 Å². The van der Waals surface area contributed by atoms with Gasteiger partial charge in [0, 0.05) is 43.6 Å². The van der Waals surface area contributed by atoms with E-state index in [1.54, 1.807) is 42.1 Å². The van der Waals surface area contributed by atoms with Crippen molar-refractivity contribution in [3.63, 3.8) is 0 Å². The lowest BCUT2D eigenvalue weighted by Gasteiger charge is -2.36. The molecule has 1 fully saturated rings. The van der Waals surface area contributed by atoms with Crippen molar-refractivity contribution in [1.82, 2.24) is 44.8 Å². The third-order valence-electron chi connectivity index (χ3n) is 7.03. The van der Waals surface area contributed by atoms with Gasteiger partial charge in [0.2, 0.25) is 5.95 Å². The highest BCUT2D eigenvalue weighted by Crippen LogP contribution is 2.38. The fraction of sp³-hybridized carbons (Fsp3) is 0.423. The van der Waals surface area contributed by atoms with Crippen LogP contribution in [0.3, 0.4) is 0 Å². The Morgan fingerprint density at radius 2 is 1.82 bits per heavy atom. The molecular weight excluding hydrogens is 613 g/mol. The molecule has 2 amide bonds. The van der Waals surface area contributed by atoms with E-state index in [1.165, 1.54) is 6.20 Å². The number of urea groups is 1. The molecule has 0 aliphatic heterocycles. The average Bonchev–Trinajstić information content (AvgIpc) is 3.59. The van der Waals surface area contributed by atoms with Crippen molar-refractivity contribution < 1.29 is 26.7 Å². The SMILES string of the molecule is CCNC(=O)N(c1cnc(-c2cnn(C)c2)cn1)C1CCC(Nc2ncc(C(F)(F)F)c(-c3nn(C(F)F)cc3Cl)n2)CC1. The number of amides is 2. The highest BCUT2D eigenvalue weighted by atomic mass is 35.5. The van der Waals surface area contributed by atoms with Crippen molar-refractivity contribution in [2.24, 2.45) is 7.05 Å². The summed E-state index contributed by atoms with van der Waals surface area (Å²) in [7, 11) is 1.79. The van der Waals surface area contributed by atoms with E-state index in [9.17, 15) is 26.7 Å². The molecule has 0 radical (unpaired) electrons. The quantitative estimate of drug-likeness (QED) is 0.240. The number of hydrogen-bond donors (Lipinski definition) is 2. The van der Waals surface area contributed by atoms with Gasteiger partial charge in [0.25, 0.3) is 0 Å². The largest absolute Gasteiger partial charge is 0.420 e. The molecule has 4 heterocycles. The van der Waals surface area contributed by atoms with E-state index in [2.05, 4.69) is 40.8 Å². The van der Waals surface area contributed by atoms with Crippen LogP contribution in [0.1, 0.15) is 44.7 Å². The number of carbonyl (C=O) groups excluding carboxylic acids is 1. The van der Waals surface area contributed by atoms with Crippen molar-refractivity contribution in [3.05, 3.63) is 47.8 Å². The number of aromatic nitrogens is 8. The van der Waals surface area contributed by atoms with Crippen LogP contribution in [0.25, 0.3) is 22.6 Å². The van der Waals surface area contributed by atoms with Gasteiger partial charge in [0.05, 0.1) is 35.5 Å². The van der Waals surface area contributed by atoms with Gasteiger partial charge in [-0.15, -0.1) is 0 Å². The lowest BCUT2D eigenvalue weighted by Crippen LogP contribution is -2.49. The monoisotopic (exact) mass is 639 g/mol. The number of alkyl halides is 5. The summed E-state index contributed by atoms with van der Waals surface area (Å²) in [6, 6.07) is -0.817. The van der Waals surface area contributed by atoms with Crippen LogP contribution in [0.5, 0.6) is 0 Å². The Labute approximate surface area is 252 Å². The summed E-state index contributed by atoms with van der Waals surface area (Å²) in [5.41, 5.74) is -1.14. The highest BCUT2D eigenvalue weighted by Gasteiger charge is 2.37. The van der Waals surface area contributed by atoms with Gasteiger partial charge in [0.1, 0.15) is 17.0 Å². The number of carbonyl (C=O) groups is 1. The Hall–Kier alpha value is -4.41. The summed E-state index contributed by atoms with van der Waals surface area (Å²) in [6.07, 6.45) is 5.06. The number of rotatable bonds is 8. The van der Waals surface area contributed by atoms with E-state index in [1.807, 2.05) is 0 Å². The van der Waals surface area contributed by atoms with E-state index in [4.69, 9.17) is 11.6 Å². The molecule has 0 spiro atoms. The predicted octanol–water partition coefficient (Wildman–Crippen LogP) is 5.56. The van der Waals surface area contributed by atoms with Gasteiger partial charge in [-0.2, -0.15) is 32.1 Å². The van der Waals surface area contributed by atoms with Crippen molar-refractivity contribution in [2.75, 3.05) is 16.8 Å². The zero-order valence-electron chi connectivity index (χ0n) is 23.4. The van der Waals surface area contributed by atoms with E-state index < -0.39 is 34.7 Å². The molecule has 234 valence electrons. The van der Waals surface area contributed by atoms with Crippen LogP contribution in [-0.4, -0.2) is 64.2 Å². The zero-order valence-corrected chi connectivity index (χ0v) is 24.2. The molecule has 0 saturated heterocycles. The Morgan fingerprint density at radius 1 is 1.07 bits per heavy atom. The topological polar surface area (TPSA) is 132 Å². The maximum Gasteiger partial charge on any atom is 0.420 e. The maximum absolute atomic E-state index is 13.7. The number of hydrogen-bond acceptors (Lipinski definition) is 8. The second-order valence-corrected chi connectivity index (χ2v) is 10.5. The van der Waals surface area contributed by atoms with E-state index in [-0.39, 0.29) is 28.7 Å². The molecule has 12 nitrogen and oxygen atoms in total. The van der Waals surface area contributed by atoms with Crippen molar-refractivity contribution in [3.8, 4) is 22.6 Å². The molecular formula is C26H27ClF5N11O. The van der Waals surface area contributed by atoms with Crippen LogP contribution in [0.4, 0.5) is 38.5 Å². The third kappa shape index (κ3) is 6.71. The fourth-order valence-corrected chi connectivity index (χ4v) is 5.20. The zero-order chi connectivity index (χ0) is 31.6. The van der Waals surface area contributed by atoms with Gasteiger partial charge in [-0.3, -0.25) is 14.6 Å². The molecule has 44 heavy (non-hydrogen) atoms. The summed E-state index contributed by atoms with van der Waals surface area (Å²) in [4.78, 5) is 31.4. The summed E-state index contributed by atoms with van der Waals surface area (Å²) >= 11 is 5.96. The van der Waals surface area contributed by atoms with E-state index in [0.29, 0.717) is 49.9 Å². The Bertz CT molecular complexity index is 1600. The second kappa shape index (κ2) is 12.7. The molecule has 0 bridgehead atoms. The van der Waals surface area contributed by atoms with Crippen LogP contribution in [0.2, 0.25) is 5.02 Å². The number of aryl methyl sites for hydroxylation is 1. The fourth-order valence-electron chi connectivity index (χ4n) is 4.97. The first-order chi connectivity index (χ1) is 20.9. The summed E-state index contributed by atoms with van der Waals surface area (Å²) < 4.78 is 69.2. The number of nitrogens with zero attached hydrogens (tertiary/aromatic N) is 9. The first kappa shape index (κ1) is 31.0. The Balaban J connectivity index is 1.32. The van der Waals surface area contributed by atoms with E-state index in [0.717, 1.165) is 11.8 Å². The second-order valence-electron chi connectivity index (χ2n) is 10.1.